The van der Waals surface area contributed by atoms with Gasteiger partial charge in [0.25, 0.3) is 5.56 Å². The Bertz CT molecular complexity index is 356. The minimum atomic E-state index is -0.489. The van der Waals surface area contributed by atoms with Gasteiger partial charge in [-0.15, -0.1) is 11.8 Å². The van der Waals surface area contributed by atoms with Crippen LogP contribution in [0.1, 0.15) is 0 Å². The lowest BCUT2D eigenvalue weighted by Gasteiger charge is -1.95. The Balaban J connectivity index is 2.87. The summed E-state index contributed by atoms with van der Waals surface area (Å²) in [5, 5.41) is 0. The van der Waals surface area contributed by atoms with E-state index < -0.39 is 5.69 Å². The van der Waals surface area contributed by atoms with E-state index in [1.165, 1.54) is 18.0 Å². The van der Waals surface area contributed by atoms with Crippen molar-refractivity contribution in [2.45, 2.75) is 4.90 Å². The first-order chi connectivity index (χ1) is 5.74. The molecular weight excluding hydrogens is 178 g/mol. The Hall–Kier alpha value is -1.01. The molecular formula is C6H9N3O2S. The number of aromatic nitrogens is 2. The lowest BCUT2D eigenvalue weighted by molar-refractivity contribution is 0.975. The zero-order valence-electron chi connectivity index (χ0n) is 6.29. The van der Waals surface area contributed by atoms with E-state index >= 15 is 0 Å². The Morgan fingerprint density at radius 3 is 2.83 bits per heavy atom. The number of aromatic amines is 2. The summed E-state index contributed by atoms with van der Waals surface area (Å²) >= 11 is 1.32. The second-order valence-corrected chi connectivity index (χ2v) is 3.21. The van der Waals surface area contributed by atoms with Crippen LogP contribution >= 0.6 is 11.8 Å². The zero-order chi connectivity index (χ0) is 8.97. The largest absolute Gasteiger partial charge is 0.330 e. The molecule has 5 nitrogen and oxygen atoms in total. The van der Waals surface area contributed by atoms with Crippen LogP contribution in [0.2, 0.25) is 0 Å². The van der Waals surface area contributed by atoms with Crippen molar-refractivity contribution >= 4 is 11.8 Å². The highest BCUT2D eigenvalue weighted by atomic mass is 32.2. The predicted octanol–water partition coefficient (Wildman–Crippen LogP) is -0.886. The summed E-state index contributed by atoms with van der Waals surface area (Å²) in [7, 11) is 0. The molecule has 0 aliphatic heterocycles. The molecule has 0 atom stereocenters. The molecule has 1 aromatic heterocycles. The fourth-order valence-electron chi connectivity index (χ4n) is 0.674. The van der Waals surface area contributed by atoms with E-state index in [4.69, 9.17) is 5.73 Å². The normalized spacial score (nSPS) is 10.1. The molecule has 1 aromatic rings. The first-order valence-electron chi connectivity index (χ1n) is 3.39. The minimum Gasteiger partial charge on any atom is -0.330 e. The highest BCUT2D eigenvalue weighted by Gasteiger charge is 1.98. The molecule has 0 spiro atoms. The van der Waals surface area contributed by atoms with Gasteiger partial charge in [0.15, 0.2) is 0 Å². The number of hydrogen-bond donors (Lipinski definition) is 3. The molecule has 66 valence electrons. The van der Waals surface area contributed by atoms with Crippen LogP contribution in [-0.4, -0.2) is 22.3 Å². The molecule has 0 saturated carbocycles. The topological polar surface area (TPSA) is 91.7 Å². The molecule has 0 aromatic carbocycles. The Morgan fingerprint density at radius 2 is 2.25 bits per heavy atom. The molecule has 0 radical (unpaired) electrons. The maximum absolute atomic E-state index is 11.0. The standard InChI is InChI=1S/C6H9N3O2S/c7-1-2-12-4-3-8-6(11)9-5(4)10/h3H,1-2,7H2,(H2,8,9,10,11). The third-order valence-corrected chi connectivity index (χ3v) is 2.21. The number of H-pyrrole nitrogens is 2. The molecule has 1 heterocycles. The van der Waals surface area contributed by atoms with Gasteiger partial charge in [0, 0.05) is 18.5 Å². The molecule has 6 heteroatoms. The van der Waals surface area contributed by atoms with Gasteiger partial charge in [-0.2, -0.15) is 0 Å². The van der Waals surface area contributed by atoms with Gasteiger partial charge >= 0.3 is 5.69 Å². The maximum Gasteiger partial charge on any atom is 0.325 e. The van der Waals surface area contributed by atoms with E-state index in [9.17, 15) is 9.59 Å². The SMILES string of the molecule is NCCSc1c[nH]c(=O)[nH]c1=O. The number of nitrogens with one attached hydrogen (secondary N) is 2. The second kappa shape index (κ2) is 4.13. The van der Waals surface area contributed by atoms with Gasteiger partial charge in [-0.05, 0) is 0 Å². The molecule has 0 amide bonds. The maximum atomic E-state index is 11.0. The van der Waals surface area contributed by atoms with Crippen molar-refractivity contribution in [2.24, 2.45) is 5.73 Å². The number of thioether (sulfide) groups is 1. The van der Waals surface area contributed by atoms with Crippen LogP contribution in [0.4, 0.5) is 0 Å². The first kappa shape index (κ1) is 9.08. The zero-order valence-corrected chi connectivity index (χ0v) is 7.11. The van der Waals surface area contributed by atoms with E-state index in [1.54, 1.807) is 0 Å². The van der Waals surface area contributed by atoms with Gasteiger partial charge in [-0.25, -0.2) is 4.79 Å². The van der Waals surface area contributed by atoms with Crippen LogP contribution in [-0.2, 0) is 0 Å². The highest BCUT2D eigenvalue weighted by molar-refractivity contribution is 7.99. The van der Waals surface area contributed by atoms with Crippen LogP contribution in [0.15, 0.2) is 20.7 Å². The summed E-state index contributed by atoms with van der Waals surface area (Å²) in [6.07, 6.45) is 1.39. The summed E-state index contributed by atoms with van der Waals surface area (Å²) < 4.78 is 0. The van der Waals surface area contributed by atoms with Crippen LogP contribution in [0.5, 0.6) is 0 Å². The van der Waals surface area contributed by atoms with E-state index in [-0.39, 0.29) is 5.56 Å². The quantitative estimate of drug-likeness (QED) is 0.535. The van der Waals surface area contributed by atoms with Crippen LogP contribution in [0.25, 0.3) is 0 Å². The molecule has 4 N–H and O–H groups in total. The monoisotopic (exact) mass is 187 g/mol. The Labute approximate surface area is 72.4 Å². The number of rotatable bonds is 3. The van der Waals surface area contributed by atoms with Gasteiger partial charge in [-0.3, -0.25) is 9.78 Å². The smallest absolute Gasteiger partial charge is 0.325 e. The average molecular weight is 187 g/mol. The van der Waals surface area contributed by atoms with Gasteiger partial charge in [-0.1, -0.05) is 0 Å². The van der Waals surface area contributed by atoms with Crippen molar-refractivity contribution in [1.82, 2.24) is 9.97 Å². The van der Waals surface area contributed by atoms with Crippen molar-refractivity contribution in [3.8, 4) is 0 Å². The number of hydrogen-bond acceptors (Lipinski definition) is 4. The Kier molecular flexibility index (Phi) is 3.12. The van der Waals surface area contributed by atoms with Gasteiger partial charge in [0.05, 0.1) is 4.90 Å². The number of nitrogens with two attached hydrogens (primary N) is 1. The first-order valence-corrected chi connectivity index (χ1v) is 4.37. The molecule has 0 aliphatic rings. The van der Waals surface area contributed by atoms with Gasteiger partial charge in [0.2, 0.25) is 0 Å². The van der Waals surface area contributed by atoms with E-state index in [1.807, 2.05) is 0 Å². The van der Waals surface area contributed by atoms with Crippen molar-refractivity contribution in [3.05, 3.63) is 27.0 Å². The fourth-order valence-corrected chi connectivity index (χ4v) is 1.34. The molecule has 0 unspecified atom stereocenters. The third-order valence-electron chi connectivity index (χ3n) is 1.16. The molecule has 12 heavy (non-hydrogen) atoms. The van der Waals surface area contributed by atoms with Crippen molar-refractivity contribution in [1.29, 1.82) is 0 Å². The summed E-state index contributed by atoms with van der Waals surface area (Å²) in [6, 6.07) is 0. The van der Waals surface area contributed by atoms with E-state index in [2.05, 4.69) is 9.97 Å². The van der Waals surface area contributed by atoms with Crippen molar-refractivity contribution in [2.75, 3.05) is 12.3 Å². The van der Waals surface area contributed by atoms with E-state index in [0.29, 0.717) is 17.2 Å². The van der Waals surface area contributed by atoms with Crippen LogP contribution in [0.3, 0.4) is 0 Å². The van der Waals surface area contributed by atoms with Gasteiger partial charge < -0.3 is 10.7 Å². The molecule has 1 rings (SSSR count). The summed E-state index contributed by atoms with van der Waals surface area (Å²) in [5.74, 6) is 0.662. The summed E-state index contributed by atoms with van der Waals surface area (Å²) in [4.78, 5) is 26.6. The van der Waals surface area contributed by atoms with Crippen molar-refractivity contribution < 1.29 is 0 Å². The van der Waals surface area contributed by atoms with E-state index in [0.717, 1.165) is 0 Å². The summed E-state index contributed by atoms with van der Waals surface area (Å²) in [5.41, 5.74) is 4.40. The third kappa shape index (κ3) is 2.24. The predicted molar refractivity (Wildman–Crippen MR) is 47.5 cm³/mol. The van der Waals surface area contributed by atoms with Crippen LogP contribution in [0, 0.1) is 0 Å². The average Bonchev–Trinajstić information content (AvgIpc) is 2.03. The van der Waals surface area contributed by atoms with Gasteiger partial charge in [0.1, 0.15) is 0 Å². The molecule has 0 bridgehead atoms. The molecule has 0 saturated heterocycles. The lowest BCUT2D eigenvalue weighted by Crippen LogP contribution is -2.22. The highest BCUT2D eigenvalue weighted by Crippen LogP contribution is 2.08. The fraction of sp³-hybridized carbons (Fsp3) is 0.333. The van der Waals surface area contributed by atoms with Crippen LogP contribution < -0.4 is 17.0 Å². The van der Waals surface area contributed by atoms with Crippen molar-refractivity contribution in [3.63, 3.8) is 0 Å². The minimum absolute atomic E-state index is 0.364. The second-order valence-electron chi connectivity index (χ2n) is 2.07. The Morgan fingerprint density at radius 1 is 1.50 bits per heavy atom. The molecule has 0 aliphatic carbocycles. The lowest BCUT2D eigenvalue weighted by atomic mass is 10.7. The molecule has 0 fully saturated rings. The summed E-state index contributed by atoms with van der Waals surface area (Å²) in [6.45, 7) is 0.503.